The summed E-state index contributed by atoms with van der Waals surface area (Å²) >= 11 is 0. The summed E-state index contributed by atoms with van der Waals surface area (Å²) in [6, 6.07) is 0. The van der Waals surface area contributed by atoms with E-state index in [4.69, 9.17) is 10.2 Å². The third kappa shape index (κ3) is 6.12. The molecule has 0 heterocycles. The Morgan fingerprint density at radius 2 is 2.08 bits per heavy atom. The predicted molar refractivity (Wildman–Crippen MR) is 45.6 cm³/mol. The molecule has 0 rings (SSSR count). The van der Waals surface area contributed by atoms with E-state index in [1.807, 2.05) is 13.8 Å². The number of nitrogens with one attached hydrogen (secondary N) is 1. The van der Waals surface area contributed by atoms with Crippen LogP contribution in [-0.4, -0.2) is 35.4 Å². The van der Waals surface area contributed by atoms with Gasteiger partial charge in [0.1, 0.15) is 0 Å². The Kier molecular flexibility index (Phi) is 5.66. The van der Waals surface area contributed by atoms with Gasteiger partial charge in [-0.05, 0) is 5.92 Å². The van der Waals surface area contributed by atoms with Crippen LogP contribution in [0, 0.1) is 5.92 Å². The minimum absolute atomic E-state index is 0.0856. The molecule has 0 aromatic rings. The average molecular weight is 175 g/mol. The summed E-state index contributed by atoms with van der Waals surface area (Å²) in [4.78, 5) is 11.0. The van der Waals surface area contributed by atoms with Crippen molar-refractivity contribution in [3.05, 3.63) is 0 Å². The predicted octanol–water partition coefficient (Wildman–Crippen LogP) is -0.498. The fraction of sp³-hybridized carbons (Fsp3) is 0.875. The molecule has 3 N–H and O–H groups in total. The van der Waals surface area contributed by atoms with Gasteiger partial charge in [-0.25, -0.2) is 0 Å². The number of hydrogen-bond acceptors (Lipinski definition) is 3. The van der Waals surface area contributed by atoms with Crippen LogP contribution in [0.3, 0.4) is 0 Å². The van der Waals surface area contributed by atoms with Crippen LogP contribution in [-0.2, 0) is 4.79 Å². The van der Waals surface area contributed by atoms with Crippen LogP contribution in [0.15, 0.2) is 0 Å². The van der Waals surface area contributed by atoms with Gasteiger partial charge in [0, 0.05) is 13.0 Å². The normalized spacial score (nSPS) is 13.1. The monoisotopic (exact) mass is 175 g/mol. The number of aliphatic hydroxyl groups is 2. The van der Waals surface area contributed by atoms with Crippen LogP contribution in [0.4, 0.5) is 0 Å². The molecule has 0 bridgehead atoms. The summed E-state index contributed by atoms with van der Waals surface area (Å²) in [7, 11) is 0. The van der Waals surface area contributed by atoms with Crippen molar-refractivity contribution in [3.8, 4) is 0 Å². The maximum atomic E-state index is 11.0. The van der Waals surface area contributed by atoms with E-state index in [0.717, 1.165) is 0 Å². The van der Waals surface area contributed by atoms with Crippen LogP contribution in [0.2, 0.25) is 0 Å². The molecule has 0 spiro atoms. The molecule has 0 aliphatic carbocycles. The van der Waals surface area contributed by atoms with Gasteiger partial charge < -0.3 is 15.5 Å². The first-order chi connectivity index (χ1) is 5.56. The van der Waals surface area contributed by atoms with Crippen molar-refractivity contribution in [2.75, 3.05) is 13.2 Å². The maximum absolute atomic E-state index is 11.0. The van der Waals surface area contributed by atoms with Crippen molar-refractivity contribution in [1.29, 1.82) is 0 Å². The minimum atomic E-state index is -0.846. The zero-order valence-electron chi connectivity index (χ0n) is 7.58. The molecule has 12 heavy (non-hydrogen) atoms. The van der Waals surface area contributed by atoms with E-state index in [2.05, 4.69) is 5.32 Å². The molecule has 0 aliphatic heterocycles. The molecule has 0 aliphatic rings. The molecule has 0 radical (unpaired) electrons. The SMILES string of the molecule is CC(C)CC(=O)NCC(O)CO. The van der Waals surface area contributed by atoms with Crippen molar-refractivity contribution in [2.45, 2.75) is 26.4 Å². The summed E-state index contributed by atoms with van der Waals surface area (Å²) in [5.74, 6) is 0.230. The van der Waals surface area contributed by atoms with E-state index in [9.17, 15) is 4.79 Å². The number of carbonyl (C=O) groups is 1. The van der Waals surface area contributed by atoms with Gasteiger partial charge in [0.25, 0.3) is 0 Å². The molecule has 1 atom stereocenters. The van der Waals surface area contributed by atoms with Crippen molar-refractivity contribution < 1.29 is 15.0 Å². The van der Waals surface area contributed by atoms with Gasteiger partial charge in [-0.2, -0.15) is 0 Å². The molecule has 0 saturated heterocycles. The van der Waals surface area contributed by atoms with Gasteiger partial charge in [-0.3, -0.25) is 4.79 Å². The molecule has 0 aromatic carbocycles. The molecule has 0 aromatic heterocycles. The van der Waals surface area contributed by atoms with Crippen molar-refractivity contribution in [1.82, 2.24) is 5.32 Å². The van der Waals surface area contributed by atoms with Crippen molar-refractivity contribution in [3.63, 3.8) is 0 Å². The number of carbonyl (C=O) groups excluding carboxylic acids is 1. The molecule has 4 heteroatoms. The molecule has 1 amide bonds. The van der Waals surface area contributed by atoms with Crippen LogP contribution >= 0.6 is 0 Å². The molecule has 0 fully saturated rings. The van der Waals surface area contributed by atoms with E-state index in [0.29, 0.717) is 12.3 Å². The van der Waals surface area contributed by atoms with Gasteiger partial charge in [0.15, 0.2) is 0 Å². The summed E-state index contributed by atoms with van der Waals surface area (Å²) in [5, 5.41) is 19.8. The Morgan fingerprint density at radius 3 is 2.50 bits per heavy atom. The van der Waals surface area contributed by atoms with Crippen LogP contribution < -0.4 is 5.32 Å². The fourth-order valence-corrected chi connectivity index (χ4v) is 0.739. The highest BCUT2D eigenvalue weighted by Gasteiger charge is 2.06. The van der Waals surface area contributed by atoms with Crippen molar-refractivity contribution >= 4 is 5.91 Å². The van der Waals surface area contributed by atoms with Gasteiger partial charge in [-0.1, -0.05) is 13.8 Å². The molecule has 72 valence electrons. The standard InChI is InChI=1S/C8H17NO3/c1-6(2)3-8(12)9-4-7(11)5-10/h6-7,10-11H,3-5H2,1-2H3,(H,9,12). The van der Waals surface area contributed by atoms with E-state index >= 15 is 0 Å². The summed E-state index contributed by atoms with van der Waals surface area (Å²) in [6.07, 6.45) is -0.390. The second-order valence-electron chi connectivity index (χ2n) is 3.24. The zero-order chi connectivity index (χ0) is 9.56. The fourth-order valence-electron chi connectivity index (χ4n) is 0.739. The van der Waals surface area contributed by atoms with Gasteiger partial charge >= 0.3 is 0 Å². The summed E-state index contributed by atoms with van der Waals surface area (Å²) < 4.78 is 0. The Bertz CT molecular complexity index is 136. The molecular weight excluding hydrogens is 158 g/mol. The number of aliphatic hydroxyl groups excluding tert-OH is 2. The Hall–Kier alpha value is -0.610. The Labute approximate surface area is 72.6 Å². The first kappa shape index (κ1) is 11.4. The number of hydrogen-bond donors (Lipinski definition) is 3. The molecule has 4 nitrogen and oxygen atoms in total. The first-order valence-electron chi connectivity index (χ1n) is 4.12. The number of rotatable bonds is 5. The topological polar surface area (TPSA) is 69.6 Å². The lowest BCUT2D eigenvalue weighted by Gasteiger charge is -2.09. The molecule has 1 unspecified atom stereocenters. The first-order valence-corrected chi connectivity index (χ1v) is 4.12. The lowest BCUT2D eigenvalue weighted by atomic mass is 10.1. The smallest absolute Gasteiger partial charge is 0.220 e. The quantitative estimate of drug-likeness (QED) is 0.527. The average Bonchev–Trinajstić information content (AvgIpc) is 1.99. The van der Waals surface area contributed by atoms with Crippen LogP contribution in [0.5, 0.6) is 0 Å². The third-order valence-electron chi connectivity index (χ3n) is 1.34. The highest BCUT2D eigenvalue weighted by molar-refractivity contribution is 5.76. The van der Waals surface area contributed by atoms with Crippen LogP contribution in [0.25, 0.3) is 0 Å². The Balaban J connectivity index is 3.44. The largest absolute Gasteiger partial charge is 0.394 e. The lowest BCUT2D eigenvalue weighted by molar-refractivity contribution is -0.122. The van der Waals surface area contributed by atoms with E-state index in [1.54, 1.807) is 0 Å². The highest BCUT2D eigenvalue weighted by atomic mass is 16.3. The molecular formula is C8H17NO3. The van der Waals surface area contributed by atoms with E-state index in [-0.39, 0.29) is 19.1 Å². The van der Waals surface area contributed by atoms with Gasteiger partial charge in [-0.15, -0.1) is 0 Å². The second kappa shape index (κ2) is 5.97. The lowest BCUT2D eigenvalue weighted by Crippen LogP contribution is -2.34. The Morgan fingerprint density at radius 1 is 1.50 bits per heavy atom. The highest BCUT2D eigenvalue weighted by Crippen LogP contribution is 1.97. The van der Waals surface area contributed by atoms with Crippen molar-refractivity contribution in [2.24, 2.45) is 5.92 Å². The minimum Gasteiger partial charge on any atom is -0.394 e. The zero-order valence-corrected chi connectivity index (χ0v) is 7.58. The number of amides is 1. The van der Waals surface area contributed by atoms with Gasteiger partial charge in [0.2, 0.25) is 5.91 Å². The summed E-state index contributed by atoms with van der Waals surface area (Å²) in [6.45, 7) is 3.70. The summed E-state index contributed by atoms with van der Waals surface area (Å²) in [5.41, 5.74) is 0. The molecule has 0 saturated carbocycles. The van der Waals surface area contributed by atoms with E-state index < -0.39 is 6.10 Å². The van der Waals surface area contributed by atoms with E-state index in [1.165, 1.54) is 0 Å². The maximum Gasteiger partial charge on any atom is 0.220 e. The van der Waals surface area contributed by atoms with Crippen LogP contribution in [0.1, 0.15) is 20.3 Å². The van der Waals surface area contributed by atoms with Gasteiger partial charge in [0.05, 0.1) is 12.7 Å². The third-order valence-corrected chi connectivity index (χ3v) is 1.34. The second-order valence-corrected chi connectivity index (χ2v) is 3.24.